The summed E-state index contributed by atoms with van der Waals surface area (Å²) in [5.41, 5.74) is 4.78. The average Bonchev–Trinajstić information content (AvgIpc) is 2.11. The van der Waals surface area contributed by atoms with E-state index in [0.717, 1.165) is 11.3 Å². The monoisotopic (exact) mass is 238 g/mol. The second-order valence-electron chi connectivity index (χ2n) is 4.27. The first kappa shape index (κ1) is 13.3. The maximum Gasteiger partial charge on any atom is 0.406 e. The van der Waals surface area contributed by atoms with Crippen molar-refractivity contribution < 1.29 is 18.0 Å². The first-order valence-electron chi connectivity index (χ1n) is 5.41. The van der Waals surface area contributed by atoms with Gasteiger partial charge in [0.15, 0.2) is 0 Å². The summed E-state index contributed by atoms with van der Waals surface area (Å²) < 4.78 is 36.7. The molecule has 0 aromatic heterocycles. The molecule has 1 saturated carbocycles. The molecule has 0 aromatic rings. The number of carbonyl (C=O) groups is 1. The van der Waals surface area contributed by atoms with Crippen LogP contribution in [0.25, 0.3) is 0 Å². The quantitative estimate of drug-likeness (QED) is 0.807. The molecule has 16 heavy (non-hydrogen) atoms. The van der Waals surface area contributed by atoms with E-state index >= 15 is 0 Å². The lowest BCUT2D eigenvalue weighted by atomic mass is 9.68. The first-order valence-corrected chi connectivity index (χ1v) is 5.41. The number of amides is 1. The van der Waals surface area contributed by atoms with Crippen LogP contribution in [0.4, 0.5) is 13.2 Å². The lowest BCUT2D eigenvalue weighted by molar-refractivity contribution is -0.170. The van der Waals surface area contributed by atoms with Crippen LogP contribution in [0.3, 0.4) is 0 Å². The highest BCUT2D eigenvalue weighted by Crippen LogP contribution is 2.41. The van der Waals surface area contributed by atoms with Gasteiger partial charge in [-0.05, 0) is 19.8 Å². The van der Waals surface area contributed by atoms with Crippen molar-refractivity contribution in [2.45, 2.75) is 32.4 Å². The van der Waals surface area contributed by atoms with Crippen LogP contribution in [-0.2, 0) is 4.79 Å². The maximum absolute atomic E-state index is 12.2. The SMILES string of the molecule is CCN(CC(F)(F)F)C(=O)C1(CN)CCC1. The molecule has 0 bridgehead atoms. The van der Waals surface area contributed by atoms with Crippen LogP contribution in [0.1, 0.15) is 26.2 Å². The van der Waals surface area contributed by atoms with Crippen LogP contribution in [-0.4, -0.2) is 36.6 Å². The highest BCUT2D eigenvalue weighted by Gasteiger charge is 2.46. The Hall–Kier alpha value is -0.780. The van der Waals surface area contributed by atoms with E-state index in [-0.39, 0.29) is 13.1 Å². The molecule has 0 aromatic carbocycles. The molecule has 0 saturated heterocycles. The van der Waals surface area contributed by atoms with Gasteiger partial charge in [0.1, 0.15) is 6.54 Å². The number of rotatable bonds is 4. The Labute approximate surface area is 92.8 Å². The van der Waals surface area contributed by atoms with Crippen LogP contribution in [0, 0.1) is 5.41 Å². The van der Waals surface area contributed by atoms with E-state index < -0.39 is 24.0 Å². The number of hydrogen-bond donors (Lipinski definition) is 1. The van der Waals surface area contributed by atoms with Crippen LogP contribution in [0.15, 0.2) is 0 Å². The molecular weight excluding hydrogens is 221 g/mol. The van der Waals surface area contributed by atoms with E-state index in [1.807, 2.05) is 0 Å². The highest BCUT2D eigenvalue weighted by molar-refractivity contribution is 5.84. The Bertz CT molecular complexity index is 256. The summed E-state index contributed by atoms with van der Waals surface area (Å²) in [7, 11) is 0. The fraction of sp³-hybridized carbons (Fsp3) is 0.900. The van der Waals surface area contributed by atoms with Gasteiger partial charge in [-0.3, -0.25) is 4.79 Å². The summed E-state index contributed by atoms with van der Waals surface area (Å²) in [6, 6.07) is 0. The number of nitrogens with two attached hydrogens (primary N) is 1. The van der Waals surface area contributed by atoms with Gasteiger partial charge in [-0.15, -0.1) is 0 Å². The Morgan fingerprint density at radius 2 is 2.00 bits per heavy atom. The average molecular weight is 238 g/mol. The topological polar surface area (TPSA) is 46.3 Å². The van der Waals surface area contributed by atoms with E-state index in [1.54, 1.807) is 6.92 Å². The zero-order valence-electron chi connectivity index (χ0n) is 9.31. The summed E-state index contributed by atoms with van der Waals surface area (Å²) in [5, 5.41) is 0. The molecule has 0 spiro atoms. The molecule has 3 nitrogen and oxygen atoms in total. The minimum absolute atomic E-state index is 0.0695. The van der Waals surface area contributed by atoms with E-state index in [1.165, 1.54) is 0 Å². The fourth-order valence-electron chi connectivity index (χ4n) is 1.99. The molecule has 0 heterocycles. The van der Waals surface area contributed by atoms with Crippen molar-refractivity contribution in [2.24, 2.45) is 11.1 Å². The number of hydrogen-bond acceptors (Lipinski definition) is 2. The smallest absolute Gasteiger partial charge is 0.333 e. The third kappa shape index (κ3) is 2.66. The molecule has 6 heteroatoms. The van der Waals surface area contributed by atoms with Gasteiger partial charge in [0, 0.05) is 13.1 Å². The molecule has 1 fully saturated rings. The van der Waals surface area contributed by atoms with Crippen molar-refractivity contribution >= 4 is 5.91 Å². The van der Waals surface area contributed by atoms with Gasteiger partial charge < -0.3 is 10.6 Å². The third-order valence-corrected chi connectivity index (χ3v) is 3.19. The fourth-order valence-corrected chi connectivity index (χ4v) is 1.99. The van der Waals surface area contributed by atoms with Crippen molar-refractivity contribution in [3.05, 3.63) is 0 Å². The molecular formula is C10H17F3N2O. The Balaban J connectivity index is 2.69. The van der Waals surface area contributed by atoms with E-state index in [2.05, 4.69) is 0 Å². The Morgan fingerprint density at radius 3 is 2.25 bits per heavy atom. The first-order chi connectivity index (χ1) is 7.34. The number of carbonyl (C=O) groups excluding carboxylic acids is 1. The summed E-state index contributed by atoms with van der Waals surface area (Å²) in [5.74, 6) is -0.443. The van der Waals surface area contributed by atoms with Crippen LogP contribution in [0.5, 0.6) is 0 Å². The van der Waals surface area contributed by atoms with Crippen molar-refractivity contribution in [3.63, 3.8) is 0 Å². The van der Waals surface area contributed by atoms with Gasteiger partial charge in [0.2, 0.25) is 5.91 Å². The zero-order chi connectivity index (χ0) is 12.4. The van der Waals surface area contributed by atoms with Gasteiger partial charge >= 0.3 is 6.18 Å². The highest BCUT2D eigenvalue weighted by atomic mass is 19.4. The van der Waals surface area contributed by atoms with Crippen molar-refractivity contribution in [3.8, 4) is 0 Å². The molecule has 1 aliphatic rings. The minimum atomic E-state index is -4.34. The molecule has 0 radical (unpaired) electrons. The molecule has 2 N–H and O–H groups in total. The van der Waals surface area contributed by atoms with Crippen LogP contribution in [0.2, 0.25) is 0 Å². The maximum atomic E-state index is 12.2. The van der Waals surface area contributed by atoms with E-state index in [9.17, 15) is 18.0 Å². The van der Waals surface area contributed by atoms with Crippen LogP contribution >= 0.6 is 0 Å². The lowest BCUT2D eigenvalue weighted by Gasteiger charge is -2.42. The minimum Gasteiger partial charge on any atom is -0.333 e. The number of nitrogens with zero attached hydrogens (tertiary/aromatic N) is 1. The second kappa shape index (κ2) is 4.61. The number of halogens is 3. The summed E-state index contributed by atoms with van der Waals surface area (Å²) >= 11 is 0. The second-order valence-corrected chi connectivity index (χ2v) is 4.27. The predicted octanol–water partition coefficient (Wildman–Crippen LogP) is 1.53. The summed E-state index contributed by atoms with van der Waals surface area (Å²) in [6.45, 7) is 0.580. The van der Waals surface area contributed by atoms with Crippen molar-refractivity contribution in [2.75, 3.05) is 19.6 Å². The van der Waals surface area contributed by atoms with E-state index in [0.29, 0.717) is 12.8 Å². The van der Waals surface area contributed by atoms with Gasteiger partial charge in [0.05, 0.1) is 5.41 Å². The number of alkyl halides is 3. The Morgan fingerprint density at radius 1 is 1.44 bits per heavy atom. The van der Waals surface area contributed by atoms with Gasteiger partial charge in [-0.2, -0.15) is 13.2 Å². The summed E-state index contributed by atoms with van der Waals surface area (Å²) in [4.78, 5) is 12.8. The molecule has 1 rings (SSSR count). The van der Waals surface area contributed by atoms with Gasteiger partial charge in [0.25, 0.3) is 0 Å². The molecule has 1 aliphatic carbocycles. The van der Waals surface area contributed by atoms with Crippen LogP contribution < -0.4 is 5.73 Å². The standard InChI is InChI=1S/C10H17F3N2O/c1-2-15(7-10(11,12)13)8(16)9(6-14)4-3-5-9/h2-7,14H2,1H3. The molecule has 0 atom stereocenters. The predicted molar refractivity (Wildman–Crippen MR) is 53.6 cm³/mol. The largest absolute Gasteiger partial charge is 0.406 e. The molecule has 0 unspecified atom stereocenters. The van der Waals surface area contributed by atoms with Crippen molar-refractivity contribution in [1.29, 1.82) is 0 Å². The third-order valence-electron chi connectivity index (χ3n) is 3.19. The molecule has 0 aliphatic heterocycles. The van der Waals surface area contributed by atoms with Crippen molar-refractivity contribution in [1.82, 2.24) is 4.90 Å². The van der Waals surface area contributed by atoms with E-state index in [4.69, 9.17) is 5.73 Å². The normalized spacial score (nSPS) is 19.1. The summed E-state index contributed by atoms with van der Waals surface area (Å²) in [6.07, 6.45) is -2.26. The zero-order valence-corrected chi connectivity index (χ0v) is 9.31. The molecule has 94 valence electrons. The Kier molecular flexibility index (Phi) is 3.83. The van der Waals surface area contributed by atoms with Gasteiger partial charge in [-0.25, -0.2) is 0 Å². The van der Waals surface area contributed by atoms with Gasteiger partial charge in [-0.1, -0.05) is 6.42 Å². The molecule has 1 amide bonds. The lowest BCUT2D eigenvalue weighted by Crippen LogP contribution is -2.53.